The minimum atomic E-state index is -0.353. The summed E-state index contributed by atoms with van der Waals surface area (Å²) in [6.45, 7) is 5.21. The third kappa shape index (κ3) is 2.36. The van der Waals surface area contributed by atoms with E-state index in [1.807, 2.05) is 24.3 Å². The fraction of sp³-hybridized carbons (Fsp3) is 0.385. The third-order valence-electron chi connectivity index (χ3n) is 3.04. The van der Waals surface area contributed by atoms with Crippen LogP contribution in [0.1, 0.15) is 19.7 Å². The number of para-hydroxylation sites is 2. The molecule has 1 heterocycles. The number of aryl methyl sites for hydroxylation is 1. The fourth-order valence-electron chi connectivity index (χ4n) is 1.96. The first-order chi connectivity index (χ1) is 8.63. The van der Waals surface area contributed by atoms with Crippen LogP contribution in [0, 0.1) is 0 Å². The largest absolute Gasteiger partial charge is 0.368 e. The monoisotopic (exact) mass is 246 g/mol. The number of hydrogen-bond acceptors (Lipinski definition) is 3. The van der Waals surface area contributed by atoms with Crippen molar-refractivity contribution in [2.24, 2.45) is 5.73 Å². The Hall–Kier alpha value is -1.88. The number of hydrogen-bond donors (Lipinski definition) is 2. The number of nitrogens with one attached hydrogen (secondary N) is 1. The van der Waals surface area contributed by atoms with Crippen LogP contribution in [-0.2, 0) is 17.9 Å². The molecule has 2 rings (SSSR count). The first-order valence-electron chi connectivity index (χ1n) is 6.10. The van der Waals surface area contributed by atoms with Crippen LogP contribution in [0.4, 0.5) is 0 Å². The first kappa shape index (κ1) is 12.6. The van der Waals surface area contributed by atoms with Crippen molar-refractivity contribution in [3.8, 4) is 0 Å². The van der Waals surface area contributed by atoms with E-state index in [4.69, 9.17) is 5.73 Å². The lowest BCUT2D eigenvalue weighted by Gasteiger charge is -2.10. The highest BCUT2D eigenvalue weighted by atomic mass is 16.1. The van der Waals surface area contributed by atoms with Crippen LogP contribution in [0.2, 0.25) is 0 Å². The second kappa shape index (κ2) is 5.18. The number of imidazole rings is 1. The molecule has 0 aliphatic rings. The lowest BCUT2D eigenvalue weighted by Crippen LogP contribution is -2.38. The van der Waals surface area contributed by atoms with E-state index in [-0.39, 0.29) is 11.9 Å². The molecule has 1 amide bonds. The van der Waals surface area contributed by atoms with Gasteiger partial charge in [0.25, 0.3) is 0 Å². The Bertz CT molecular complexity index is 561. The minimum Gasteiger partial charge on any atom is -0.368 e. The Morgan fingerprint density at radius 3 is 2.89 bits per heavy atom. The van der Waals surface area contributed by atoms with Crippen LogP contribution in [-0.4, -0.2) is 21.5 Å². The number of nitrogens with zero attached hydrogens (tertiary/aromatic N) is 2. The first-order valence-corrected chi connectivity index (χ1v) is 6.10. The Kier molecular flexibility index (Phi) is 3.62. The molecule has 3 N–H and O–H groups in total. The maximum atomic E-state index is 11.0. The maximum Gasteiger partial charge on any atom is 0.234 e. The quantitative estimate of drug-likeness (QED) is 0.827. The zero-order chi connectivity index (χ0) is 13.1. The molecule has 96 valence electrons. The van der Waals surface area contributed by atoms with Gasteiger partial charge in [-0.15, -0.1) is 0 Å². The van der Waals surface area contributed by atoms with Gasteiger partial charge in [-0.1, -0.05) is 12.1 Å². The average Bonchev–Trinajstić information content (AvgIpc) is 2.73. The number of carbonyl (C=O) groups is 1. The number of carbonyl (C=O) groups excluding carboxylic acids is 1. The van der Waals surface area contributed by atoms with Gasteiger partial charge in [0, 0.05) is 6.54 Å². The number of fused-ring (bicyclic) bond motifs is 1. The standard InChI is InChI=1S/C13H18N4O/c1-3-17-11-7-5-4-6-10(11)16-12(17)8-15-9(2)13(14)18/h4-7,9,15H,3,8H2,1-2H3,(H2,14,18). The van der Waals surface area contributed by atoms with Crippen LogP contribution in [0.5, 0.6) is 0 Å². The molecular formula is C13H18N4O. The van der Waals surface area contributed by atoms with Gasteiger partial charge in [0.05, 0.1) is 23.6 Å². The van der Waals surface area contributed by atoms with Crippen molar-refractivity contribution in [1.29, 1.82) is 0 Å². The molecule has 5 heteroatoms. The van der Waals surface area contributed by atoms with Gasteiger partial charge >= 0.3 is 0 Å². The molecule has 0 bridgehead atoms. The summed E-state index contributed by atoms with van der Waals surface area (Å²) in [7, 11) is 0. The molecule has 1 unspecified atom stereocenters. The van der Waals surface area contributed by atoms with Gasteiger partial charge in [0.15, 0.2) is 0 Å². The average molecular weight is 246 g/mol. The minimum absolute atomic E-state index is 0.352. The van der Waals surface area contributed by atoms with E-state index >= 15 is 0 Å². The van der Waals surface area contributed by atoms with E-state index in [9.17, 15) is 4.79 Å². The van der Waals surface area contributed by atoms with Crippen molar-refractivity contribution in [2.75, 3.05) is 0 Å². The van der Waals surface area contributed by atoms with Crippen molar-refractivity contribution in [2.45, 2.75) is 33.0 Å². The third-order valence-corrected chi connectivity index (χ3v) is 3.04. The Morgan fingerprint density at radius 2 is 2.22 bits per heavy atom. The lowest BCUT2D eigenvalue weighted by atomic mass is 10.3. The highest BCUT2D eigenvalue weighted by molar-refractivity contribution is 5.79. The fourth-order valence-corrected chi connectivity index (χ4v) is 1.96. The Morgan fingerprint density at radius 1 is 1.50 bits per heavy atom. The second-order valence-corrected chi connectivity index (χ2v) is 4.27. The van der Waals surface area contributed by atoms with E-state index in [0.717, 1.165) is 23.4 Å². The molecule has 18 heavy (non-hydrogen) atoms. The highest BCUT2D eigenvalue weighted by Gasteiger charge is 2.12. The van der Waals surface area contributed by atoms with E-state index in [0.29, 0.717) is 6.54 Å². The molecule has 0 fully saturated rings. The normalized spacial score (nSPS) is 12.8. The van der Waals surface area contributed by atoms with Crippen molar-refractivity contribution >= 4 is 16.9 Å². The molecular weight excluding hydrogens is 228 g/mol. The van der Waals surface area contributed by atoms with Gasteiger partial charge in [-0.3, -0.25) is 10.1 Å². The summed E-state index contributed by atoms with van der Waals surface area (Å²) >= 11 is 0. The molecule has 2 aromatic rings. The zero-order valence-corrected chi connectivity index (χ0v) is 10.7. The van der Waals surface area contributed by atoms with Crippen LogP contribution in [0.3, 0.4) is 0 Å². The SMILES string of the molecule is CCn1c(CNC(C)C(N)=O)nc2ccccc21. The van der Waals surface area contributed by atoms with Gasteiger partial charge in [0.1, 0.15) is 5.82 Å². The Balaban J connectivity index is 2.25. The molecule has 1 atom stereocenters. The van der Waals surface area contributed by atoms with Crippen LogP contribution < -0.4 is 11.1 Å². The summed E-state index contributed by atoms with van der Waals surface area (Å²) in [5.41, 5.74) is 7.31. The molecule has 0 aliphatic carbocycles. The molecule has 0 saturated heterocycles. The molecule has 1 aromatic heterocycles. The summed E-state index contributed by atoms with van der Waals surface area (Å²) in [6.07, 6.45) is 0. The highest BCUT2D eigenvalue weighted by Crippen LogP contribution is 2.15. The molecule has 0 spiro atoms. The van der Waals surface area contributed by atoms with Crippen LogP contribution >= 0.6 is 0 Å². The van der Waals surface area contributed by atoms with E-state index in [2.05, 4.69) is 21.8 Å². The number of amides is 1. The van der Waals surface area contributed by atoms with Crippen molar-refractivity contribution < 1.29 is 4.79 Å². The van der Waals surface area contributed by atoms with Gasteiger partial charge in [-0.2, -0.15) is 0 Å². The smallest absolute Gasteiger partial charge is 0.234 e. The summed E-state index contributed by atoms with van der Waals surface area (Å²) in [6, 6.07) is 7.66. The number of benzene rings is 1. The predicted octanol–water partition coefficient (Wildman–Crippen LogP) is 1.02. The summed E-state index contributed by atoms with van der Waals surface area (Å²) in [4.78, 5) is 15.5. The van der Waals surface area contributed by atoms with Crippen molar-refractivity contribution in [3.63, 3.8) is 0 Å². The number of primary amides is 1. The molecule has 0 aliphatic heterocycles. The summed E-state index contributed by atoms with van der Waals surface area (Å²) in [5, 5.41) is 3.08. The Labute approximate surface area is 106 Å². The number of aromatic nitrogens is 2. The molecule has 0 radical (unpaired) electrons. The van der Waals surface area contributed by atoms with Gasteiger partial charge in [-0.05, 0) is 26.0 Å². The molecule has 5 nitrogen and oxygen atoms in total. The number of nitrogens with two attached hydrogens (primary N) is 1. The predicted molar refractivity (Wildman–Crippen MR) is 70.9 cm³/mol. The van der Waals surface area contributed by atoms with E-state index in [1.54, 1.807) is 6.92 Å². The second-order valence-electron chi connectivity index (χ2n) is 4.27. The summed E-state index contributed by atoms with van der Waals surface area (Å²) < 4.78 is 2.13. The van der Waals surface area contributed by atoms with Gasteiger partial charge < -0.3 is 10.3 Å². The van der Waals surface area contributed by atoms with E-state index in [1.165, 1.54) is 0 Å². The van der Waals surface area contributed by atoms with Gasteiger partial charge in [0.2, 0.25) is 5.91 Å². The number of rotatable bonds is 5. The zero-order valence-electron chi connectivity index (χ0n) is 10.7. The molecule has 0 saturated carbocycles. The van der Waals surface area contributed by atoms with Crippen LogP contribution in [0.15, 0.2) is 24.3 Å². The molecule has 1 aromatic carbocycles. The van der Waals surface area contributed by atoms with Crippen LogP contribution in [0.25, 0.3) is 11.0 Å². The van der Waals surface area contributed by atoms with Gasteiger partial charge in [-0.25, -0.2) is 4.98 Å². The topological polar surface area (TPSA) is 72.9 Å². The lowest BCUT2D eigenvalue weighted by molar-refractivity contribution is -0.119. The van der Waals surface area contributed by atoms with Crippen molar-refractivity contribution in [1.82, 2.24) is 14.9 Å². The van der Waals surface area contributed by atoms with E-state index < -0.39 is 0 Å². The maximum absolute atomic E-state index is 11.0. The van der Waals surface area contributed by atoms with Crippen molar-refractivity contribution in [3.05, 3.63) is 30.1 Å². The summed E-state index contributed by atoms with van der Waals surface area (Å²) in [5.74, 6) is 0.570.